The van der Waals surface area contributed by atoms with Gasteiger partial charge in [-0.1, -0.05) is 32.0 Å². The number of para-hydroxylation sites is 1. The van der Waals surface area contributed by atoms with Crippen LogP contribution in [-0.2, 0) is 30.8 Å². The highest BCUT2D eigenvalue weighted by Crippen LogP contribution is 2.71. The fourth-order valence-electron chi connectivity index (χ4n) is 8.48. The summed E-state index contributed by atoms with van der Waals surface area (Å²) >= 11 is 0. The number of ether oxygens (including phenoxy) is 3. The van der Waals surface area contributed by atoms with Crippen molar-refractivity contribution in [3.8, 4) is 0 Å². The highest BCUT2D eigenvalue weighted by atomic mass is 16.8. The molecule has 38 heavy (non-hydrogen) atoms. The maximum atomic E-state index is 13.2. The zero-order chi connectivity index (χ0) is 27.1. The van der Waals surface area contributed by atoms with Gasteiger partial charge < -0.3 is 29.4 Å². The van der Waals surface area contributed by atoms with E-state index in [-0.39, 0.29) is 18.6 Å². The summed E-state index contributed by atoms with van der Waals surface area (Å²) in [6, 6.07) is 8.41. The van der Waals surface area contributed by atoms with Gasteiger partial charge in [-0.15, -0.1) is 0 Å². The lowest BCUT2D eigenvalue weighted by Crippen LogP contribution is -2.74. The van der Waals surface area contributed by atoms with E-state index in [2.05, 4.69) is 37.0 Å². The number of aliphatic hydroxyl groups excluding tert-OH is 1. The van der Waals surface area contributed by atoms with Crippen LogP contribution in [0.4, 0.5) is 0 Å². The Labute approximate surface area is 224 Å². The summed E-state index contributed by atoms with van der Waals surface area (Å²) in [7, 11) is 0. The van der Waals surface area contributed by atoms with Crippen LogP contribution in [0.25, 0.3) is 10.9 Å². The summed E-state index contributed by atoms with van der Waals surface area (Å²) < 4.78 is 19.6. The van der Waals surface area contributed by atoms with Crippen molar-refractivity contribution >= 4 is 17.2 Å². The number of aliphatic hydroxyl groups is 2. The summed E-state index contributed by atoms with van der Waals surface area (Å²) in [6.45, 7) is 10.7. The van der Waals surface area contributed by atoms with Gasteiger partial charge >= 0.3 is 0 Å². The van der Waals surface area contributed by atoms with Crippen molar-refractivity contribution in [2.24, 2.45) is 11.3 Å². The van der Waals surface area contributed by atoms with Gasteiger partial charge in [-0.2, -0.15) is 0 Å². The van der Waals surface area contributed by atoms with Gasteiger partial charge in [-0.3, -0.25) is 4.79 Å². The van der Waals surface area contributed by atoms with Crippen molar-refractivity contribution in [3.05, 3.63) is 47.2 Å². The third kappa shape index (κ3) is 3.11. The van der Waals surface area contributed by atoms with E-state index >= 15 is 0 Å². The molecule has 2 aromatic rings. The second kappa shape index (κ2) is 8.48. The monoisotopic (exact) mass is 523 g/mol. The Balaban J connectivity index is 1.55. The molecule has 7 nitrogen and oxygen atoms in total. The molecule has 3 fully saturated rings. The van der Waals surface area contributed by atoms with Gasteiger partial charge in [0.2, 0.25) is 0 Å². The minimum absolute atomic E-state index is 0.0129. The van der Waals surface area contributed by atoms with Crippen molar-refractivity contribution in [2.45, 2.75) is 101 Å². The first-order valence-electron chi connectivity index (χ1n) is 14.1. The standard InChI is InChI=1S/C31H41NO6/c1-19-27(2,3)38-30(37-19)13-12-28(4)29(5)20(17-22-21-9-6-7-10-23(21)32-26(22)29)18-25(36-16-8-14-33)31(28,35)24(30)11-15-34/h6-7,9-11,15,19-20,25,32-33,35H,8,12-14,16-18H2,1-5H3/b24-11+/t19?,20-,25+,28-,29-,30+,31+/m1/s1. The van der Waals surface area contributed by atoms with E-state index in [4.69, 9.17) is 14.2 Å². The number of hydrogen-bond donors (Lipinski definition) is 3. The van der Waals surface area contributed by atoms with Gasteiger partial charge in [0.05, 0.1) is 17.8 Å². The second-order valence-electron chi connectivity index (χ2n) is 12.8. The predicted molar refractivity (Wildman–Crippen MR) is 144 cm³/mol. The molecular formula is C31H41NO6. The molecule has 6 rings (SSSR count). The quantitative estimate of drug-likeness (QED) is 0.306. The van der Waals surface area contributed by atoms with Crippen LogP contribution in [0.3, 0.4) is 0 Å². The third-order valence-corrected chi connectivity index (χ3v) is 11.0. The zero-order valence-corrected chi connectivity index (χ0v) is 23.2. The van der Waals surface area contributed by atoms with E-state index in [9.17, 15) is 15.0 Å². The van der Waals surface area contributed by atoms with E-state index in [1.165, 1.54) is 22.7 Å². The Kier molecular flexibility index (Phi) is 5.85. The van der Waals surface area contributed by atoms with Crippen LogP contribution in [0.2, 0.25) is 0 Å². The molecule has 1 aliphatic heterocycles. The number of hydrogen-bond acceptors (Lipinski definition) is 6. The van der Waals surface area contributed by atoms with E-state index < -0.39 is 33.9 Å². The van der Waals surface area contributed by atoms with Gasteiger partial charge in [0.15, 0.2) is 5.79 Å². The number of fused-ring (bicyclic) bond motifs is 7. The molecule has 0 radical (unpaired) electrons. The lowest BCUT2D eigenvalue weighted by molar-refractivity contribution is -0.279. The molecule has 7 heteroatoms. The number of aromatic nitrogens is 1. The van der Waals surface area contributed by atoms with E-state index in [0.717, 1.165) is 18.2 Å². The maximum absolute atomic E-state index is 13.2. The topological polar surface area (TPSA) is 101 Å². The first kappa shape index (κ1) is 26.2. The molecule has 2 saturated carbocycles. The molecule has 206 valence electrons. The summed E-state index contributed by atoms with van der Waals surface area (Å²) in [6.07, 6.45) is 4.56. The molecule has 1 unspecified atom stereocenters. The summed E-state index contributed by atoms with van der Waals surface area (Å²) in [5, 5.41) is 23.9. The van der Waals surface area contributed by atoms with E-state index in [1.807, 2.05) is 26.8 Å². The van der Waals surface area contributed by atoms with Crippen LogP contribution in [0.5, 0.6) is 0 Å². The number of carbonyl (C=O) groups excluding carboxylic acids is 1. The molecule has 1 spiro atoms. The SMILES string of the molecule is CC1O[C@@]2(CC[C@]3(C)[C@@]4(C)c5[nH]c6ccccc6c5C[C@@H]4C[C@H](OCCCO)[C@@]3(O)/C2=C/C=O)OC1(C)C. The third-order valence-electron chi connectivity index (χ3n) is 11.0. The number of nitrogens with one attached hydrogen (secondary N) is 1. The van der Waals surface area contributed by atoms with Crippen LogP contribution < -0.4 is 0 Å². The van der Waals surface area contributed by atoms with Crippen molar-refractivity contribution in [3.63, 3.8) is 0 Å². The molecule has 1 saturated heterocycles. The number of allylic oxidation sites excluding steroid dienone is 1. The number of aldehydes is 1. The Morgan fingerprint density at radius 3 is 2.63 bits per heavy atom. The Morgan fingerprint density at radius 1 is 1.18 bits per heavy atom. The average Bonchev–Trinajstić information content (AvgIpc) is 3.46. The molecule has 3 N–H and O–H groups in total. The molecular weight excluding hydrogens is 482 g/mol. The fourth-order valence-corrected chi connectivity index (χ4v) is 8.48. The van der Waals surface area contributed by atoms with E-state index in [0.29, 0.717) is 37.9 Å². The lowest BCUT2D eigenvalue weighted by atomic mass is 9.41. The molecule has 2 heterocycles. The second-order valence-corrected chi connectivity index (χ2v) is 12.8. The Bertz CT molecular complexity index is 1300. The van der Waals surface area contributed by atoms with E-state index in [1.54, 1.807) is 0 Å². The zero-order valence-electron chi connectivity index (χ0n) is 23.2. The van der Waals surface area contributed by atoms with Crippen LogP contribution in [0.1, 0.15) is 71.6 Å². The molecule has 0 amide bonds. The molecule has 4 aliphatic rings. The molecule has 0 bridgehead atoms. The first-order valence-corrected chi connectivity index (χ1v) is 14.1. The number of rotatable bonds is 5. The highest BCUT2D eigenvalue weighted by molar-refractivity contribution is 5.86. The van der Waals surface area contributed by atoms with Gasteiger partial charge in [0.1, 0.15) is 11.9 Å². The maximum Gasteiger partial charge on any atom is 0.195 e. The van der Waals surface area contributed by atoms with Crippen molar-refractivity contribution < 1.29 is 29.2 Å². The average molecular weight is 524 g/mol. The normalized spacial score (nSPS) is 42.4. The van der Waals surface area contributed by atoms with Crippen LogP contribution in [-0.4, -0.2) is 63.9 Å². The summed E-state index contributed by atoms with van der Waals surface area (Å²) in [5.74, 6) is -0.966. The van der Waals surface area contributed by atoms with Crippen LogP contribution in [0, 0.1) is 11.3 Å². The highest BCUT2D eigenvalue weighted by Gasteiger charge is 2.76. The number of carbonyl (C=O) groups is 1. The smallest absolute Gasteiger partial charge is 0.195 e. The predicted octanol–water partition coefficient (Wildman–Crippen LogP) is 4.34. The minimum atomic E-state index is -1.54. The van der Waals surface area contributed by atoms with Crippen LogP contribution in [0.15, 0.2) is 35.9 Å². The van der Waals surface area contributed by atoms with Crippen molar-refractivity contribution in [1.29, 1.82) is 0 Å². The summed E-state index contributed by atoms with van der Waals surface area (Å²) in [5.41, 5.74) is 0.852. The Hall–Kier alpha value is -2.03. The van der Waals surface area contributed by atoms with Crippen molar-refractivity contribution in [1.82, 2.24) is 4.98 Å². The summed E-state index contributed by atoms with van der Waals surface area (Å²) in [4.78, 5) is 15.9. The molecule has 1 aromatic carbocycles. The molecule has 1 aromatic heterocycles. The van der Waals surface area contributed by atoms with Gasteiger partial charge in [-0.25, -0.2) is 0 Å². The van der Waals surface area contributed by atoms with Gasteiger partial charge in [0, 0.05) is 52.6 Å². The number of H-pyrrole nitrogens is 1. The number of aromatic amines is 1. The molecule has 3 aliphatic carbocycles. The van der Waals surface area contributed by atoms with Crippen LogP contribution >= 0.6 is 0 Å². The first-order chi connectivity index (χ1) is 18.0. The van der Waals surface area contributed by atoms with Crippen molar-refractivity contribution in [2.75, 3.05) is 13.2 Å². The molecule has 7 atom stereocenters. The largest absolute Gasteiger partial charge is 0.396 e. The van der Waals surface area contributed by atoms with Gasteiger partial charge in [0.25, 0.3) is 0 Å². The fraction of sp³-hybridized carbons (Fsp3) is 0.645. The lowest BCUT2D eigenvalue weighted by Gasteiger charge is -2.67. The van der Waals surface area contributed by atoms with Gasteiger partial charge in [-0.05, 0) is 70.1 Å². The number of benzene rings is 1. The Morgan fingerprint density at radius 2 is 1.95 bits per heavy atom. The minimum Gasteiger partial charge on any atom is -0.396 e.